The van der Waals surface area contributed by atoms with Crippen LogP contribution in [0, 0.1) is 10.1 Å². The molecular weight excluding hydrogens is 524 g/mol. The fourth-order valence-electron chi connectivity index (χ4n) is 3.44. The summed E-state index contributed by atoms with van der Waals surface area (Å²) in [4.78, 5) is 54.2. The highest BCUT2D eigenvalue weighted by atomic mass is 32.2. The van der Waals surface area contributed by atoms with Gasteiger partial charge in [0, 0.05) is 34.6 Å². The maximum absolute atomic E-state index is 13.2. The predicted molar refractivity (Wildman–Crippen MR) is 147 cm³/mol. The summed E-state index contributed by atoms with van der Waals surface area (Å²) in [5.74, 6) is -1.64. The van der Waals surface area contributed by atoms with Gasteiger partial charge in [0.1, 0.15) is 11.8 Å². The molecule has 10 nitrogen and oxygen atoms in total. The molecule has 11 heteroatoms. The smallest absolute Gasteiger partial charge is 0.335 e. The standard InChI is InChI=1S/C28H34N2O8S/c1-4-5-6-7-8-25(29-38-27(32)18-17-26(31)37-20(2)19-36-3)28(33)21-9-13-23(14-10-21)39-24-15-11-22(12-16-24)30(34)35/h9-16,20H,4-8,17-19H2,1-3H3/b29-25+. The second-order valence-corrected chi connectivity index (χ2v) is 9.92. The van der Waals surface area contributed by atoms with Crippen LogP contribution in [-0.4, -0.2) is 48.2 Å². The first kappa shape index (κ1) is 31.6. The Balaban J connectivity index is 2.01. The van der Waals surface area contributed by atoms with E-state index in [4.69, 9.17) is 14.3 Å². The zero-order chi connectivity index (χ0) is 28.6. The number of nitro groups is 1. The molecule has 0 radical (unpaired) electrons. The Morgan fingerprint density at radius 2 is 1.54 bits per heavy atom. The van der Waals surface area contributed by atoms with Gasteiger partial charge in [-0.15, -0.1) is 0 Å². The van der Waals surface area contributed by atoms with Crippen LogP contribution in [0.15, 0.2) is 63.5 Å². The number of non-ortho nitro benzene ring substituents is 1. The number of rotatable bonds is 17. The van der Waals surface area contributed by atoms with Gasteiger partial charge in [-0.2, -0.15) is 0 Å². The van der Waals surface area contributed by atoms with Crippen LogP contribution in [0.4, 0.5) is 5.69 Å². The number of hydrogen-bond donors (Lipinski definition) is 0. The zero-order valence-electron chi connectivity index (χ0n) is 22.4. The molecule has 0 saturated carbocycles. The summed E-state index contributed by atoms with van der Waals surface area (Å²) in [5.41, 5.74) is 0.541. The van der Waals surface area contributed by atoms with Crippen LogP contribution < -0.4 is 0 Å². The summed E-state index contributed by atoms with van der Waals surface area (Å²) < 4.78 is 10.0. The highest BCUT2D eigenvalue weighted by Crippen LogP contribution is 2.29. The topological polar surface area (TPSA) is 134 Å². The lowest BCUT2D eigenvalue weighted by molar-refractivity contribution is -0.384. The monoisotopic (exact) mass is 558 g/mol. The molecule has 2 aromatic carbocycles. The third-order valence-corrected chi connectivity index (χ3v) is 6.47. The van der Waals surface area contributed by atoms with Crippen molar-refractivity contribution in [3.63, 3.8) is 0 Å². The van der Waals surface area contributed by atoms with E-state index in [-0.39, 0.29) is 36.6 Å². The molecule has 0 aliphatic carbocycles. The summed E-state index contributed by atoms with van der Waals surface area (Å²) in [5, 5.41) is 14.7. The number of nitrogens with zero attached hydrogens (tertiary/aromatic N) is 2. The van der Waals surface area contributed by atoms with E-state index in [0.29, 0.717) is 18.4 Å². The lowest BCUT2D eigenvalue weighted by Crippen LogP contribution is -2.20. The molecule has 0 fully saturated rings. The second kappa shape index (κ2) is 17.1. The van der Waals surface area contributed by atoms with E-state index in [1.54, 1.807) is 43.3 Å². The Bertz CT molecular complexity index is 1130. The van der Waals surface area contributed by atoms with Crippen molar-refractivity contribution in [3.05, 3.63) is 64.2 Å². The Morgan fingerprint density at radius 3 is 2.13 bits per heavy atom. The first-order valence-corrected chi connectivity index (χ1v) is 13.6. The summed E-state index contributed by atoms with van der Waals surface area (Å²) in [6.45, 7) is 4.02. The quantitative estimate of drug-likeness (QED) is 0.0425. The molecular formula is C28H34N2O8S. The van der Waals surface area contributed by atoms with Crippen LogP contribution in [0.3, 0.4) is 0 Å². The molecule has 210 valence electrons. The Hall–Kier alpha value is -3.57. The molecule has 1 unspecified atom stereocenters. The lowest BCUT2D eigenvalue weighted by Gasteiger charge is -2.11. The molecule has 39 heavy (non-hydrogen) atoms. The average molecular weight is 559 g/mol. The van der Waals surface area contributed by atoms with Gasteiger partial charge in [0.2, 0.25) is 5.78 Å². The molecule has 0 amide bonds. The number of esters is 1. The van der Waals surface area contributed by atoms with Gasteiger partial charge in [-0.05, 0) is 56.2 Å². The first-order valence-electron chi connectivity index (χ1n) is 12.8. The summed E-state index contributed by atoms with van der Waals surface area (Å²) in [6, 6.07) is 13.1. The summed E-state index contributed by atoms with van der Waals surface area (Å²) in [7, 11) is 1.50. The van der Waals surface area contributed by atoms with Gasteiger partial charge in [-0.3, -0.25) is 19.7 Å². The van der Waals surface area contributed by atoms with Crippen LogP contribution in [0.5, 0.6) is 0 Å². The minimum absolute atomic E-state index is 0.0170. The number of unbranched alkanes of at least 4 members (excludes halogenated alkanes) is 3. The Kier molecular flexibility index (Phi) is 13.9. The van der Waals surface area contributed by atoms with Crippen molar-refractivity contribution in [1.29, 1.82) is 0 Å². The van der Waals surface area contributed by atoms with Crippen molar-refractivity contribution in [2.24, 2.45) is 5.16 Å². The van der Waals surface area contributed by atoms with Gasteiger partial charge in [0.15, 0.2) is 0 Å². The first-order chi connectivity index (χ1) is 18.7. The van der Waals surface area contributed by atoms with Crippen LogP contribution in [-0.2, 0) is 23.9 Å². The van der Waals surface area contributed by atoms with Gasteiger partial charge in [-0.1, -0.05) is 43.1 Å². The summed E-state index contributed by atoms with van der Waals surface area (Å²) in [6.07, 6.45) is 3.19. The number of nitro benzene ring substituents is 1. The van der Waals surface area contributed by atoms with E-state index in [9.17, 15) is 24.5 Å². The van der Waals surface area contributed by atoms with Gasteiger partial charge in [0.25, 0.3) is 5.69 Å². The van der Waals surface area contributed by atoms with Gasteiger partial charge >= 0.3 is 11.9 Å². The molecule has 0 N–H and O–H groups in total. The summed E-state index contributed by atoms with van der Waals surface area (Å²) >= 11 is 1.41. The van der Waals surface area contributed by atoms with Crippen LogP contribution >= 0.6 is 11.8 Å². The van der Waals surface area contributed by atoms with Crippen molar-refractivity contribution in [2.75, 3.05) is 13.7 Å². The SMILES string of the molecule is CCCCCC/C(=N\OC(=O)CCC(=O)OC(C)COC)C(=O)c1ccc(Sc2ccc([N+](=O)[O-])cc2)cc1. The number of benzene rings is 2. The van der Waals surface area contributed by atoms with Crippen molar-refractivity contribution in [2.45, 2.75) is 74.7 Å². The molecule has 0 aliphatic rings. The molecule has 0 heterocycles. The number of carbonyl (C=O) groups excluding carboxylic acids is 3. The largest absolute Gasteiger partial charge is 0.460 e. The molecule has 2 aromatic rings. The number of ether oxygens (including phenoxy) is 2. The van der Waals surface area contributed by atoms with Crippen molar-refractivity contribution >= 4 is 40.9 Å². The predicted octanol–water partition coefficient (Wildman–Crippen LogP) is 6.16. The van der Waals surface area contributed by atoms with Crippen LogP contribution in [0.1, 0.15) is 69.2 Å². The minimum Gasteiger partial charge on any atom is -0.460 e. The van der Waals surface area contributed by atoms with Gasteiger partial charge < -0.3 is 14.3 Å². The molecule has 1 atom stereocenters. The Labute approximate surface area is 232 Å². The molecule has 0 saturated heterocycles. The molecule has 0 bridgehead atoms. The van der Waals surface area contributed by atoms with Crippen LogP contribution in [0.2, 0.25) is 0 Å². The second-order valence-electron chi connectivity index (χ2n) is 8.77. The zero-order valence-corrected chi connectivity index (χ0v) is 23.2. The number of carbonyl (C=O) groups is 3. The van der Waals surface area contributed by atoms with E-state index in [1.807, 2.05) is 0 Å². The molecule has 0 aliphatic heterocycles. The lowest BCUT2D eigenvalue weighted by atomic mass is 10.0. The fourth-order valence-corrected chi connectivity index (χ4v) is 4.26. The van der Waals surface area contributed by atoms with E-state index >= 15 is 0 Å². The van der Waals surface area contributed by atoms with E-state index < -0.39 is 23.0 Å². The van der Waals surface area contributed by atoms with Crippen molar-refractivity contribution in [3.8, 4) is 0 Å². The van der Waals surface area contributed by atoms with E-state index in [2.05, 4.69) is 12.1 Å². The number of methoxy groups -OCH3 is 1. The number of Topliss-reactive ketones (excluding diaryl/α,β-unsaturated/α-hetero) is 1. The highest BCUT2D eigenvalue weighted by Gasteiger charge is 2.18. The van der Waals surface area contributed by atoms with E-state index in [1.165, 1.54) is 31.0 Å². The minimum atomic E-state index is -0.736. The van der Waals surface area contributed by atoms with Gasteiger partial charge in [0.05, 0.1) is 24.4 Å². The molecule has 0 aromatic heterocycles. The number of hydrogen-bond acceptors (Lipinski definition) is 10. The average Bonchev–Trinajstić information content (AvgIpc) is 2.92. The van der Waals surface area contributed by atoms with Crippen LogP contribution in [0.25, 0.3) is 0 Å². The van der Waals surface area contributed by atoms with Crippen molar-refractivity contribution in [1.82, 2.24) is 0 Å². The third-order valence-electron chi connectivity index (χ3n) is 5.45. The third kappa shape index (κ3) is 11.8. The molecule has 2 rings (SSSR count). The maximum atomic E-state index is 13.2. The highest BCUT2D eigenvalue weighted by molar-refractivity contribution is 7.99. The number of oxime groups is 1. The number of ketones is 1. The normalized spacial score (nSPS) is 12.0. The molecule has 0 spiro atoms. The van der Waals surface area contributed by atoms with E-state index in [0.717, 1.165) is 29.1 Å². The Morgan fingerprint density at radius 1 is 0.923 bits per heavy atom. The fraction of sp³-hybridized carbons (Fsp3) is 0.429. The maximum Gasteiger partial charge on any atom is 0.335 e. The van der Waals surface area contributed by atoms with Gasteiger partial charge in [-0.25, -0.2) is 4.79 Å². The van der Waals surface area contributed by atoms with Crippen molar-refractivity contribution < 1.29 is 33.6 Å².